The van der Waals surface area contributed by atoms with Gasteiger partial charge in [0.05, 0.1) is 11.5 Å². The fraction of sp³-hybridized carbons (Fsp3) is 0.333. The highest BCUT2D eigenvalue weighted by Crippen LogP contribution is 2.29. The molecule has 0 aliphatic carbocycles. The Morgan fingerprint density at radius 2 is 2.00 bits per heavy atom. The molecule has 0 radical (unpaired) electrons. The number of thiocarbonyl (C=S) groups is 1. The lowest BCUT2D eigenvalue weighted by Gasteiger charge is -2.27. The molecule has 0 fully saturated rings. The third-order valence-corrected chi connectivity index (χ3v) is 3.36. The maximum Gasteiger partial charge on any atom is 0.408 e. The number of benzene rings is 1. The third-order valence-electron chi connectivity index (χ3n) is 2.49. The zero-order chi connectivity index (χ0) is 18.3. The molecule has 1 rings (SSSR count). The Morgan fingerprint density at radius 3 is 2.54 bits per heavy atom. The fourth-order valence-electron chi connectivity index (χ4n) is 1.52. The van der Waals surface area contributed by atoms with Crippen molar-refractivity contribution < 1.29 is 14.5 Å². The topological polar surface area (TPSA) is 106 Å². The van der Waals surface area contributed by atoms with Gasteiger partial charge in [-0.05, 0) is 25.2 Å². The van der Waals surface area contributed by atoms with Gasteiger partial charge in [-0.2, -0.15) is 0 Å². The Morgan fingerprint density at radius 1 is 1.38 bits per heavy atom. The molecule has 1 aromatic rings. The van der Waals surface area contributed by atoms with E-state index in [2.05, 4.69) is 16.0 Å². The second kappa shape index (κ2) is 9.07. The summed E-state index contributed by atoms with van der Waals surface area (Å²) < 4.78 is 2.74. The first-order valence-electron chi connectivity index (χ1n) is 6.46. The molecular weight excluding hydrogens is 403 g/mol. The van der Waals surface area contributed by atoms with Gasteiger partial charge in [-0.25, -0.2) is 4.79 Å². The van der Waals surface area contributed by atoms with Crippen LogP contribution in [0.15, 0.2) is 24.3 Å². The minimum atomic E-state index is -1.96. The molecule has 132 valence electrons. The van der Waals surface area contributed by atoms with Gasteiger partial charge in [0.15, 0.2) is 11.3 Å². The maximum absolute atomic E-state index is 11.5. The number of para-hydroxylation sites is 2. The van der Waals surface area contributed by atoms with Crippen LogP contribution in [0.3, 0.4) is 0 Å². The van der Waals surface area contributed by atoms with Crippen LogP contribution in [0.5, 0.6) is 0 Å². The summed E-state index contributed by atoms with van der Waals surface area (Å²) in [4.78, 5) is 21.9. The number of hydrogen-bond donors (Lipinski definition) is 3. The highest BCUT2D eigenvalue weighted by molar-refractivity contribution is 7.80. The zero-order valence-electron chi connectivity index (χ0n) is 12.2. The van der Waals surface area contributed by atoms with Crippen LogP contribution in [0.1, 0.15) is 6.92 Å². The zero-order valence-corrected chi connectivity index (χ0v) is 15.3. The van der Waals surface area contributed by atoms with Crippen molar-refractivity contribution in [3.05, 3.63) is 34.4 Å². The van der Waals surface area contributed by atoms with E-state index < -0.39 is 21.0 Å². The molecule has 0 heterocycles. The number of nitrogens with zero attached hydrogens (tertiary/aromatic N) is 1. The second-order valence-corrected chi connectivity index (χ2v) is 6.99. The summed E-state index contributed by atoms with van der Waals surface area (Å²) in [5.41, 5.74) is -0.0513. The summed E-state index contributed by atoms with van der Waals surface area (Å²) >= 11 is 22.4. The van der Waals surface area contributed by atoms with Gasteiger partial charge in [0, 0.05) is 6.07 Å². The molecule has 1 amide bonds. The highest BCUT2D eigenvalue weighted by atomic mass is 35.6. The van der Waals surface area contributed by atoms with Gasteiger partial charge in [-0.1, -0.05) is 46.9 Å². The van der Waals surface area contributed by atoms with Crippen molar-refractivity contribution in [2.75, 3.05) is 11.9 Å². The molecule has 0 bridgehead atoms. The molecule has 0 unspecified atom stereocenters. The van der Waals surface area contributed by atoms with Crippen molar-refractivity contribution in [3.63, 3.8) is 0 Å². The molecule has 8 nitrogen and oxygen atoms in total. The van der Waals surface area contributed by atoms with Crippen molar-refractivity contribution in [1.82, 2.24) is 10.6 Å². The average molecular weight is 416 g/mol. The lowest BCUT2D eigenvalue weighted by molar-refractivity contribution is -0.383. The Balaban J connectivity index is 2.82. The van der Waals surface area contributed by atoms with E-state index in [9.17, 15) is 14.9 Å². The van der Waals surface area contributed by atoms with Crippen LogP contribution in [0.2, 0.25) is 0 Å². The molecule has 0 saturated heterocycles. The van der Waals surface area contributed by atoms with Gasteiger partial charge >= 0.3 is 6.09 Å². The van der Waals surface area contributed by atoms with E-state index in [1.807, 2.05) is 0 Å². The summed E-state index contributed by atoms with van der Waals surface area (Å²) in [6.07, 6.45) is -2.06. The van der Waals surface area contributed by atoms with Gasteiger partial charge in [-0.3, -0.25) is 15.4 Å². The van der Waals surface area contributed by atoms with Crippen molar-refractivity contribution in [2.24, 2.45) is 0 Å². The number of hydrogen-bond acceptors (Lipinski definition) is 5. The van der Waals surface area contributed by atoms with Crippen LogP contribution in [0.25, 0.3) is 0 Å². The standard InChI is InChI=1S/C12H13Cl3N4O4S/c1-2-23-11(20)18-9(12(13,14)15)17-10(24)16-7-5-3-4-6-8(7)19(21)22/h3-6,9H,2H2,1H3,(H,18,20)(H2,16,17,24)/t9-/m0/s1. The first-order chi connectivity index (χ1) is 11.1. The lowest BCUT2D eigenvalue weighted by Crippen LogP contribution is -2.56. The van der Waals surface area contributed by atoms with Gasteiger partial charge < -0.3 is 15.4 Å². The Hall–Kier alpha value is -1.55. The van der Waals surface area contributed by atoms with E-state index in [1.165, 1.54) is 18.2 Å². The number of anilines is 1. The normalized spacial score (nSPS) is 12.0. The van der Waals surface area contributed by atoms with Crippen molar-refractivity contribution in [1.29, 1.82) is 0 Å². The molecular formula is C12H13Cl3N4O4S. The van der Waals surface area contributed by atoms with Gasteiger partial charge in [0.25, 0.3) is 5.69 Å². The Labute approximate surface area is 157 Å². The summed E-state index contributed by atoms with van der Waals surface area (Å²) in [5.74, 6) is 0. The van der Waals surface area contributed by atoms with E-state index in [1.54, 1.807) is 13.0 Å². The number of nitro benzene ring substituents is 1. The smallest absolute Gasteiger partial charge is 0.408 e. The monoisotopic (exact) mass is 414 g/mol. The molecule has 0 spiro atoms. The first-order valence-corrected chi connectivity index (χ1v) is 8.00. The largest absolute Gasteiger partial charge is 0.450 e. The second-order valence-electron chi connectivity index (χ2n) is 4.21. The van der Waals surface area contributed by atoms with E-state index in [0.717, 1.165) is 0 Å². The van der Waals surface area contributed by atoms with Crippen molar-refractivity contribution in [3.8, 4) is 0 Å². The number of rotatable bonds is 5. The van der Waals surface area contributed by atoms with Gasteiger partial charge in [-0.15, -0.1) is 0 Å². The molecule has 1 atom stereocenters. The summed E-state index contributed by atoms with van der Waals surface area (Å²) in [7, 11) is 0. The number of carbonyl (C=O) groups excluding carboxylic acids is 1. The Bertz CT molecular complexity index is 627. The van der Waals surface area contributed by atoms with E-state index in [4.69, 9.17) is 51.8 Å². The predicted molar refractivity (Wildman–Crippen MR) is 96.7 cm³/mol. The number of amides is 1. The Kier molecular flexibility index (Phi) is 7.74. The highest BCUT2D eigenvalue weighted by Gasteiger charge is 2.35. The molecule has 1 aromatic carbocycles. The van der Waals surface area contributed by atoms with Gasteiger partial charge in [0.2, 0.25) is 3.79 Å². The van der Waals surface area contributed by atoms with Crippen LogP contribution in [0, 0.1) is 10.1 Å². The molecule has 0 aromatic heterocycles. The molecule has 0 aliphatic heterocycles. The number of nitrogens with one attached hydrogen (secondary N) is 3. The number of nitro groups is 1. The van der Waals surface area contributed by atoms with E-state index >= 15 is 0 Å². The summed E-state index contributed by atoms with van der Waals surface area (Å²) in [6, 6.07) is 5.84. The molecule has 12 heteroatoms. The lowest BCUT2D eigenvalue weighted by atomic mass is 10.3. The maximum atomic E-state index is 11.5. The van der Waals surface area contributed by atoms with Crippen LogP contribution < -0.4 is 16.0 Å². The number of halogens is 3. The van der Waals surface area contributed by atoms with E-state index in [-0.39, 0.29) is 23.1 Å². The number of carbonyl (C=O) groups is 1. The molecule has 0 aliphatic rings. The van der Waals surface area contributed by atoms with Crippen molar-refractivity contribution >= 4 is 69.6 Å². The predicted octanol–water partition coefficient (Wildman–Crippen LogP) is 3.32. The number of alkyl carbamates (subject to hydrolysis) is 1. The first kappa shape index (κ1) is 20.5. The van der Waals surface area contributed by atoms with Crippen LogP contribution in [-0.4, -0.2) is 32.7 Å². The quantitative estimate of drug-likeness (QED) is 0.223. The molecule has 0 saturated carbocycles. The summed E-state index contributed by atoms with van der Waals surface area (Å²) in [5, 5.41) is 18.3. The number of ether oxygens (including phenoxy) is 1. The summed E-state index contributed by atoms with van der Waals surface area (Å²) in [6.45, 7) is 1.73. The minimum absolute atomic E-state index is 0.0996. The fourth-order valence-corrected chi connectivity index (χ4v) is 2.07. The van der Waals surface area contributed by atoms with E-state index in [0.29, 0.717) is 0 Å². The van der Waals surface area contributed by atoms with Crippen LogP contribution in [0.4, 0.5) is 16.2 Å². The molecule has 24 heavy (non-hydrogen) atoms. The number of alkyl halides is 3. The van der Waals surface area contributed by atoms with Crippen molar-refractivity contribution in [2.45, 2.75) is 16.9 Å². The van der Waals surface area contributed by atoms with Crippen LogP contribution in [-0.2, 0) is 4.74 Å². The average Bonchev–Trinajstić information content (AvgIpc) is 2.46. The SMILES string of the molecule is CCOC(=O)N[C@H](NC(=S)Nc1ccccc1[N+](=O)[O-])C(Cl)(Cl)Cl. The van der Waals surface area contributed by atoms with Crippen LogP contribution >= 0.6 is 47.0 Å². The third kappa shape index (κ3) is 6.52. The molecule has 3 N–H and O–H groups in total. The minimum Gasteiger partial charge on any atom is -0.450 e. The van der Waals surface area contributed by atoms with Gasteiger partial charge in [0.1, 0.15) is 5.69 Å².